The fourth-order valence-corrected chi connectivity index (χ4v) is 3.58. The fourth-order valence-electron chi connectivity index (χ4n) is 2.55. The Balaban J connectivity index is 1.68. The van der Waals surface area contributed by atoms with Crippen LogP contribution in [0.15, 0.2) is 24.5 Å². The number of aliphatic hydroxyl groups is 1. The number of nitrogens with zero attached hydrogens (tertiary/aromatic N) is 3. The second-order valence-electron chi connectivity index (χ2n) is 4.99. The molecule has 0 amide bonds. The van der Waals surface area contributed by atoms with Gasteiger partial charge in [0.1, 0.15) is 18.0 Å². The van der Waals surface area contributed by atoms with Crippen LogP contribution >= 0.6 is 22.9 Å². The van der Waals surface area contributed by atoms with Crippen LogP contribution in [0.1, 0.15) is 17.7 Å². The van der Waals surface area contributed by atoms with Crippen LogP contribution in [0.25, 0.3) is 0 Å². The molecule has 3 heterocycles. The van der Waals surface area contributed by atoms with Crippen molar-refractivity contribution in [3.05, 3.63) is 33.7 Å². The molecule has 3 rings (SSSR count). The van der Waals surface area contributed by atoms with E-state index in [0.717, 1.165) is 40.2 Å². The monoisotopic (exact) mass is 324 g/mol. The van der Waals surface area contributed by atoms with Crippen molar-refractivity contribution in [3.63, 3.8) is 0 Å². The topological polar surface area (TPSA) is 61.3 Å². The predicted octanol–water partition coefficient (Wildman–Crippen LogP) is 2.76. The van der Waals surface area contributed by atoms with Crippen LogP contribution < -0.4 is 10.2 Å². The summed E-state index contributed by atoms with van der Waals surface area (Å²) in [5.74, 6) is 1.65. The normalized spacial score (nSPS) is 18.2. The Kier molecular flexibility index (Phi) is 4.57. The third-order valence-corrected chi connectivity index (χ3v) is 4.84. The van der Waals surface area contributed by atoms with Gasteiger partial charge >= 0.3 is 0 Å². The molecule has 2 aromatic heterocycles. The highest BCUT2D eigenvalue weighted by atomic mass is 35.5. The largest absolute Gasteiger partial charge is 0.394 e. The molecule has 21 heavy (non-hydrogen) atoms. The number of anilines is 2. The van der Waals surface area contributed by atoms with Crippen molar-refractivity contribution >= 4 is 34.6 Å². The van der Waals surface area contributed by atoms with Gasteiger partial charge in [0.25, 0.3) is 0 Å². The zero-order chi connectivity index (χ0) is 14.7. The van der Waals surface area contributed by atoms with Gasteiger partial charge in [-0.25, -0.2) is 9.97 Å². The van der Waals surface area contributed by atoms with Gasteiger partial charge in [-0.05, 0) is 25.0 Å². The molecule has 0 bridgehead atoms. The summed E-state index contributed by atoms with van der Waals surface area (Å²) in [7, 11) is 0. The first-order valence-electron chi connectivity index (χ1n) is 6.94. The maximum absolute atomic E-state index is 9.41. The van der Waals surface area contributed by atoms with E-state index in [1.165, 1.54) is 0 Å². The smallest absolute Gasteiger partial charge is 0.134 e. The minimum Gasteiger partial charge on any atom is -0.394 e. The number of rotatable bonds is 5. The average molecular weight is 325 g/mol. The first-order valence-corrected chi connectivity index (χ1v) is 8.13. The summed E-state index contributed by atoms with van der Waals surface area (Å²) in [6.07, 6.45) is 3.66. The molecule has 0 radical (unpaired) electrons. The van der Waals surface area contributed by atoms with Crippen molar-refractivity contribution < 1.29 is 5.11 Å². The second-order valence-corrected chi connectivity index (χ2v) is 6.79. The maximum Gasteiger partial charge on any atom is 0.134 e. The molecule has 1 atom stereocenters. The quantitative estimate of drug-likeness (QED) is 0.885. The molecule has 0 unspecified atom stereocenters. The van der Waals surface area contributed by atoms with E-state index in [0.29, 0.717) is 6.54 Å². The molecule has 112 valence electrons. The van der Waals surface area contributed by atoms with Crippen LogP contribution in [0.4, 0.5) is 11.6 Å². The molecule has 1 aliphatic rings. The summed E-state index contributed by atoms with van der Waals surface area (Å²) in [5, 5.41) is 12.7. The van der Waals surface area contributed by atoms with Gasteiger partial charge < -0.3 is 15.3 Å². The van der Waals surface area contributed by atoms with E-state index in [-0.39, 0.29) is 12.6 Å². The van der Waals surface area contributed by atoms with Crippen molar-refractivity contribution in [1.82, 2.24) is 9.97 Å². The molecule has 5 nitrogen and oxygen atoms in total. The van der Waals surface area contributed by atoms with Crippen molar-refractivity contribution in [3.8, 4) is 0 Å². The van der Waals surface area contributed by atoms with Gasteiger partial charge in [-0.2, -0.15) is 0 Å². The Morgan fingerprint density at radius 3 is 3.10 bits per heavy atom. The highest BCUT2D eigenvalue weighted by Gasteiger charge is 2.25. The SMILES string of the molecule is OC[C@@H]1CCCN1c1cc(NCc2ccc(Cl)s2)ncn1. The predicted molar refractivity (Wildman–Crippen MR) is 86.1 cm³/mol. The van der Waals surface area contributed by atoms with E-state index in [2.05, 4.69) is 20.2 Å². The molecule has 1 aliphatic heterocycles. The van der Waals surface area contributed by atoms with Crippen LogP contribution in [0.2, 0.25) is 4.34 Å². The third-order valence-electron chi connectivity index (χ3n) is 3.61. The summed E-state index contributed by atoms with van der Waals surface area (Å²) in [4.78, 5) is 11.9. The van der Waals surface area contributed by atoms with Gasteiger partial charge in [0, 0.05) is 17.5 Å². The van der Waals surface area contributed by atoms with Crippen LogP contribution in [0.3, 0.4) is 0 Å². The lowest BCUT2D eigenvalue weighted by atomic mass is 10.2. The van der Waals surface area contributed by atoms with Crippen LogP contribution in [0, 0.1) is 0 Å². The van der Waals surface area contributed by atoms with E-state index in [9.17, 15) is 5.11 Å². The van der Waals surface area contributed by atoms with E-state index in [1.807, 2.05) is 18.2 Å². The van der Waals surface area contributed by atoms with Crippen molar-refractivity contribution in [1.29, 1.82) is 0 Å². The summed E-state index contributed by atoms with van der Waals surface area (Å²) in [5.41, 5.74) is 0. The third kappa shape index (κ3) is 3.45. The first-order chi connectivity index (χ1) is 10.3. The van der Waals surface area contributed by atoms with E-state index in [4.69, 9.17) is 11.6 Å². The van der Waals surface area contributed by atoms with Gasteiger partial charge in [0.15, 0.2) is 0 Å². The molecule has 1 fully saturated rings. The number of halogens is 1. The van der Waals surface area contributed by atoms with Crippen LogP contribution in [-0.4, -0.2) is 34.3 Å². The van der Waals surface area contributed by atoms with Crippen LogP contribution in [-0.2, 0) is 6.54 Å². The summed E-state index contributed by atoms with van der Waals surface area (Å²) in [6.45, 7) is 1.79. The van der Waals surface area contributed by atoms with Gasteiger partial charge in [-0.15, -0.1) is 11.3 Å². The lowest BCUT2D eigenvalue weighted by molar-refractivity contribution is 0.266. The first kappa shape index (κ1) is 14.6. The van der Waals surface area contributed by atoms with Crippen molar-refractivity contribution in [2.24, 2.45) is 0 Å². The Bertz CT molecular complexity index is 606. The highest BCUT2D eigenvalue weighted by Crippen LogP contribution is 2.25. The van der Waals surface area contributed by atoms with Crippen molar-refractivity contribution in [2.75, 3.05) is 23.4 Å². The number of aliphatic hydroxyl groups excluding tert-OH is 1. The average Bonchev–Trinajstić information content (AvgIpc) is 3.14. The zero-order valence-electron chi connectivity index (χ0n) is 11.5. The lowest BCUT2D eigenvalue weighted by Crippen LogP contribution is -2.32. The number of thiophene rings is 1. The number of aromatic nitrogens is 2. The van der Waals surface area contributed by atoms with Crippen molar-refractivity contribution in [2.45, 2.75) is 25.4 Å². The maximum atomic E-state index is 9.41. The van der Waals surface area contributed by atoms with E-state index in [1.54, 1.807) is 17.7 Å². The number of hydrogen-bond donors (Lipinski definition) is 2. The lowest BCUT2D eigenvalue weighted by Gasteiger charge is -2.24. The molecular weight excluding hydrogens is 308 g/mol. The van der Waals surface area contributed by atoms with Gasteiger partial charge in [0.05, 0.1) is 23.5 Å². The summed E-state index contributed by atoms with van der Waals surface area (Å²) >= 11 is 7.48. The Labute approximate surface area is 132 Å². The summed E-state index contributed by atoms with van der Waals surface area (Å²) < 4.78 is 0.790. The molecule has 0 aliphatic carbocycles. The molecule has 0 saturated carbocycles. The molecule has 0 spiro atoms. The standard InChI is InChI=1S/C14H17ClN4OS/c15-12-4-3-11(21-12)7-16-13-6-14(18-9-17-13)19-5-1-2-10(19)8-20/h3-4,6,9-10,20H,1-2,5,7-8H2,(H,16,17,18)/t10-/m0/s1. The minimum absolute atomic E-state index is 0.167. The van der Waals surface area contributed by atoms with Gasteiger partial charge in [-0.1, -0.05) is 11.6 Å². The molecule has 2 N–H and O–H groups in total. The van der Waals surface area contributed by atoms with E-state index >= 15 is 0 Å². The number of nitrogens with one attached hydrogen (secondary N) is 1. The van der Waals surface area contributed by atoms with E-state index < -0.39 is 0 Å². The molecule has 2 aromatic rings. The highest BCUT2D eigenvalue weighted by molar-refractivity contribution is 7.16. The molecule has 1 saturated heterocycles. The van der Waals surface area contributed by atoms with Gasteiger partial charge in [-0.3, -0.25) is 0 Å². The fraction of sp³-hybridized carbons (Fsp3) is 0.429. The van der Waals surface area contributed by atoms with Gasteiger partial charge in [0.2, 0.25) is 0 Å². The summed E-state index contributed by atoms with van der Waals surface area (Å²) in [6, 6.07) is 6.00. The van der Waals surface area contributed by atoms with Crippen LogP contribution in [0.5, 0.6) is 0 Å². The number of hydrogen-bond acceptors (Lipinski definition) is 6. The zero-order valence-corrected chi connectivity index (χ0v) is 13.1. The second kappa shape index (κ2) is 6.60. The molecule has 0 aromatic carbocycles. The molecule has 7 heteroatoms. The Morgan fingerprint density at radius 1 is 1.43 bits per heavy atom. The Hall–Kier alpha value is -1.37. The minimum atomic E-state index is 0.167. The Morgan fingerprint density at radius 2 is 2.33 bits per heavy atom. The molecular formula is C14H17ClN4OS.